The first-order chi connectivity index (χ1) is 18.1. The van der Waals surface area contributed by atoms with Gasteiger partial charge in [0.1, 0.15) is 6.04 Å². The maximum absolute atomic E-state index is 13.0. The normalized spacial score (nSPS) is 17.2. The molecule has 0 bridgehead atoms. The number of halogens is 3. The predicted molar refractivity (Wildman–Crippen MR) is 146 cm³/mol. The maximum Gasteiger partial charge on any atom is 0.326 e. The van der Waals surface area contributed by atoms with Crippen molar-refractivity contribution in [2.45, 2.75) is 31.4 Å². The Labute approximate surface area is 233 Å². The number of benzene rings is 3. The number of hydrogen-bond acceptors (Lipinski definition) is 5. The smallest absolute Gasteiger partial charge is 0.326 e. The van der Waals surface area contributed by atoms with Crippen molar-refractivity contribution in [2.24, 2.45) is 5.16 Å². The Balaban J connectivity index is 1.39. The highest BCUT2D eigenvalue weighted by atomic mass is 35.5. The van der Waals surface area contributed by atoms with E-state index in [1.54, 1.807) is 66.7 Å². The standard InChI is InChI=1S/C27H22Cl3N3O5/c1-27(14-22(33-38-27)17-5-2-3-6-18(17)28)26(37)32-21(25(35)36)13-15-9-11-16(12-10-15)31-24(34)23-19(29)7-4-8-20(23)30/h2-12,21H,13-14H2,1H3,(H,31,34)(H,32,37)(H,35,36)/t21-,27?/m0/s1. The summed E-state index contributed by atoms with van der Waals surface area (Å²) in [7, 11) is 0. The summed E-state index contributed by atoms with van der Waals surface area (Å²) in [6.07, 6.45) is 0.124. The van der Waals surface area contributed by atoms with Gasteiger partial charge in [-0.05, 0) is 42.8 Å². The van der Waals surface area contributed by atoms with E-state index in [0.29, 0.717) is 27.5 Å². The van der Waals surface area contributed by atoms with Crippen LogP contribution in [0.1, 0.15) is 34.8 Å². The molecule has 1 unspecified atom stereocenters. The minimum absolute atomic E-state index is 0.0000506. The van der Waals surface area contributed by atoms with Crippen LogP contribution in [0.5, 0.6) is 0 Å². The van der Waals surface area contributed by atoms with Crippen molar-refractivity contribution in [1.29, 1.82) is 0 Å². The van der Waals surface area contributed by atoms with Crippen LogP contribution >= 0.6 is 34.8 Å². The number of oxime groups is 1. The van der Waals surface area contributed by atoms with E-state index in [1.807, 2.05) is 0 Å². The van der Waals surface area contributed by atoms with Gasteiger partial charge in [-0.1, -0.05) is 76.4 Å². The molecule has 38 heavy (non-hydrogen) atoms. The fraction of sp³-hybridized carbons (Fsp3) is 0.185. The third kappa shape index (κ3) is 6.10. The fourth-order valence-corrected chi connectivity index (χ4v) is 4.69. The lowest BCUT2D eigenvalue weighted by Crippen LogP contribution is -2.51. The van der Waals surface area contributed by atoms with Crippen molar-refractivity contribution in [2.75, 3.05) is 5.32 Å². The third-order valence-electron chi connectivity index (χ3n) is 5.97. The minimum atomic E-state index is -1.39. The van der Waals surface area contributed by atoms with Crippen LogP contribution in [0, 0.1) is 0 Å². The van der Waals surface area contributed by atoms with Crippen molar-refractivity contribution in [3.8, 4) is 0 Å². The molecule has 0 spiro atoms. The molecular formula is C27H22Cl3N3O5. The van der Waals surface area contributed by atoms with Crippen LogP contribution in [0.15, 0.2) is 71.9 Å². The first-order valence-corrected chi connectivity index (χ1v) is 12.6. The number of hydrogen-bond donors (Lipinski definition) is 3. The Morgan fingerprint density at radius 2 is 1.61 bits per heavy atom. The number of carboxylic acids is 1. The van der Waals surface area contributed by atoms with E-state index >= 15 is 0 Å². The quantitative estimate of drug-likeness (QED) is 0.324. The molecule has 0 aromatic heterocycles. The first kappa shape index (κ1) is 27.4. The molecule has 2 amide bonds. The summed E-state index contributed by atoms with van der Waals surface area (Å²) in [6, 6.07) is 17.1. The van der Waals surface area contributed by atoms with Crippen LogP contribution in [-0.2, 0) is 20.8 Å². The van der Waals surface area contributed by atoms with E-state index in [0.717, 1.165) is 0 Å². The van der Waals surface area contributed by atoms with Crippen molar-refractivity contribution in [3.63, 3.8) is 0 Å². The Morgan fingerprint density at radius 3 is 2.24 bits per heavy atom. The molecule has 8 nitrogen and oxygen atoms in total. The summed E-state index contributed by atoms with van der Waals surface area (Å²) in [4.78, 5) is 43.0. The largest absolute Gasteiger partial charge is 0.480 e. The van der Waals surface area contributed by atoms with E-state index in [4.69, 9.17) is 39.6 Å². The van der Waals surface area contributed by atoms with Gasteiger partial charge in [-0.2, -0.15) is 0 Å². The zero-order chi connectivity index (χ0) is 27.4. The van der Waals surface area contributed by atoms with Crippen LogP contribution in [-0.4, -0.2) is 40.2 Å². The highest BCUT2D eigenvalue weighted by Gasteiger charge is 2.44. The zero-order valence-corrected chi connectivity index (χ0v) is 22.3. The van der Waals surface area contributed by atoms with Gasteiger partial charge in [-0.3, -0.25) is 9.59 Å². The lowest BCUT2D eigenvalue weighted by molar-refractivity contribution is -0.148. The maximum atomic E-state index is 13.0. The molecule has 4 rings (SSSR count). The van der Waals surface area contributed by atoms with Crippen LogP contribution in [0.25, 0.3) is 0 Å². The SMILES string of the molecule is CC1(C(=O)N[C@@H](Cc2ccc(NC(=O)c3c(Cl)cccc3Cl)cc2)C(=O)O)CC(c2ccccc2Cl)=NO1. The van der Waals surface area contributed by atoms with Crippen molar-refractivity contribution < 1.29 is 24.3 Å². The van der Waals surface area contributed by atoms with E-state index < -0.39 is 29.4 Å². The highest BCUT2D eigenvalue weighted by molar-refractivity contribution is 6.40. The number of carbonyl (C=O) groups excluding carboxylic acids is 2. The van der Waals surface area contributed by atoms with Crippen LogP contribution in [0.2, 0.25) is 15.1 Å². The topological polar surface area (TPSA) is 117 Å². The van der Waals surface area contributed by atoms with Crippen molar-refractivity contribution in [3.05, 3.63) is 98.5 Å². The van der Waals surface area contributed by atoms with E-state index in [2.05, 4.69) is 15.8 Å². The number of rotatable bonds is 8. The highest BCUT2D eigenvalue weighted by Crippen LogP contribution is 2.30. The molecule has 0 fully saturated rings. The molecule has 3 N–H and O–H groups in total. The number of carbonyl (C=O) groups is 3. The van der Waals surface area contributed by atoms with Gasteiger partial charge in [0.15, 0.2) is 0 Å². The van der Waals surface area contributed by atoms with Crippen molar-refractivity contribution in [1.82, 2.24) is 5.32 Å². The van der Waals surface area contributed by atoms with Gasteiger partial charge >= 0.3 is 5.97 Å². The number of amides is 2. The lowest BCUT2D eigenvalue weighted by atomic mass is 9.94. The second-order valence-electron chi connectivity index (χ2n) is 8.83. The van der Waals surface area contributed by atoms with E-state index in [9.17, 15) is 19.5 Å². The summed E-state index contributed by atoms with van der Waals surface area (Å²) in [5.41, 5.74) is 0.980. The molecule has 0 aliphatic carbocycles. The Bertz CT molecular complexity index is 1410. The third-order valence-corrected chi connectivity index (χ3v) is 6.93. The fourth-order valence-electron chi connectivity index (χ4n) is 3.88. The summed E-state index contributed by atoms with van der Waals surface area (Å²) in [6.45, 7) is 1.54. The first-order valence-electron chi connectivity index (χ1n) is 11.5. The van der Waals surface area contributed by atoms with E-state index in [-0.39, 0.29) is 28.5 Å². The van der Waals surface area contributed by atoms with E-state index in [1.165, 1.54) is 6.92 Å². The van der Waals surface area contributed by atoms with Crippen LogP contribution in [0.3, 0.4) is 0 Å². The van der Waals surface area contributed by atoms with Crippen LogP contribution < -0.4 is 10.6 Å². The Hall–Kier alpha value is -3.59. The summed E-state index contributed by atoms with van der Waals surface area (Å²) in [5, 5.41) is 19.9. The number of nitrogens with zero attached hydrogens (tertiary/aromatic N) is 1. The molecule has 1 aliphatic rings. The van der Waals surface area contributed by atoms with Gasteiger partial charge in [-0.25, -0.2) is 4.79 Å². The zero-order valence-electron chi connectivity index (χ0n) is 20.0. The average molecular weight is 575 g/mol. The monoisotopic (exact) mass is 573 g/mol. The molecule has 0 radical (unpaired) electrons. The van der Waals surface area contributed by atoms with Crippen molar-refractivity contribution >= 4 is 64.0 Å². The molecule has 2 atom stereocenters. The minimum Gasteiger partial charge on any atom is -0.480 e. The van der Waals surface area contributed by atoms with Gasteiger partial charge in [0.25, 0.3) is 11.8 Å². The summed E-state index contributed by atoms with van der Waals surface area (Å²) >= 11 is 18.4. The number of carboxylic acid groups (broad SMARTS) is 1. The number of aliphatic carboxylic acids is 1. The molecule has 1 aliphatic heterocycles. The van der Waals surface area contributed by atoms with Crippen LogP contribution in [0.4, 0.5) is 5.69 Å². The average Bonchev–Trinajstić information content (AvgIpc) is 3.28. The molecule has 0 saturated heterocycles. The Kier molecular flexibility index (Phi) is 8.26. The molecule has 3 aromatic rings. The molecule has 11 heteroatoms. The molecular weight excluding hydrogens is 553 g/mol. The van der Waals surface area contributed by atoms with Gasteiger partial charge in [0.2, 0.25) is 5.60 Å². The number of anilines is 1. The molecule has 196 valence electrons. The lowest BCUT2D eigenvalue weighted by Gasteiger charge is -2.23. The van der Waals surface area contributed by atoms with Gasteiger partial charge in [0, 0.05) is 29.1 Å². The number of nitrogens with one attached hydrogen (secondary N) is 2. The molecule has 1 heterocycles. The molecule has 0 saturated carbocycles. The van der Waals surface area contributed by atoms with Gasteiger partial charge in [-0.15, -0.1) is 0 Å². The Morgan fingerprint density at radius 1 is 0.974 bits per heavy atom. The summed E-state index contributed by atoms with van der Waals surface area (Å²) < 4.78 is 0. The summed E-state index contributed by atoms with van der Waals surface area (Å²) in [5.74, 6) is -2.30. The molecule has 3 aromatic carbocycles. The van der Waals surface area contributed by atoms with Gasteiger partial charge in [0.05, 0.1) is 21.3 Å². The second kappa shape index (κ2) is 11.4. The second-order valence-corrected chi connectivity index (χ2v) is 10.1. The van der Waals surface area contributed by atoms with Gasteiger partial charge < -0.3 is 20.6 Å². The predicted octanol–water partition coefficient (Wildman–Crippen LogP) is 5.59.